The van der Waals surface area contributed by atoms with E-state index in [0.717, 1.165) is 12.0 Å². The lowest BCUT2D eigenvalue weighted by molar-refractivity contribution is 0.403. The molecule has 0 fully saturated rings. The van der Waals surface area contributed by atoms with E-state index in [9.17, 15) is 10.2 Å². The van der Waals surface area contributed by atoms with Crippen LogP contribution in [0.3, 0.4) is 0 Å². The highest BCUT2D eigenvalue weighted by molar-refractivity contribution is 5.41. The molecule has 0 unspecified atom stereocenters. The van der Waals surface area contributed by atoms with E-state index >= 15 is 0 Å². The summed E-state index contributed by atoms with van der Waals surface area (Å²) in [6.45, 7) is 4.71. The summed E-state index contributed by atoms with van der Waals surface area (Å²) >= 11 is 0. The zero-order chi connectivity index (χ0) is 18.7. The van der Waals surface area contributed by atoms with Gasteiger partial charge in [-0.1, -0.05) is 19.9 Å². The van der Waals surface area contributed by atoms with E-state index in [1.54, 1.807) is 12.1 Å². The standard InChI is InChI=1S/C13H19N5O2.C2H6.CH5N/c1-17(2)12-14-13(16-15-12)18(3)7-6-9-4-5-10(19)11(20)8-9;2*1-2/h4-5,8,19-20H,6-7H2,1-3H3,(H,14,15,16);1-2H3;2H2,1H3. The number of hydrogen-bond donors (Lipinski definition) is 4. The largest absolute Gasteiger partial charge is 0.504 e. The molecule has 8 nitrogen and oxygen atoms in total. The van der Waals surface area contributed by atoms with Gasteiger partial charge in [0.15, 0.2) is 11.5 Å². The van der Waals surface area contributed by atoms with Gasteiger partial charge in [-0.15, -0.1) is 5.10 Å². The van der Waals surface area contributed by atoms with Gasteiger partial charge < -0.3 is 25.7 Å². The van der Waals surface area contributed by atoms with Crippen molar-refractivity contribution in [1.29, 1.82) is 0 Å². The molecule has 1 aromatic carbocycles. The Morgan fingerprint density at radius 3 is 2.21 bits per heavy atom. The first-order valence-electron chi connectivity index (χ1n) is 7.87. The van der Waals surface area contributed by atoms with Crippen LogP contribution in [0.1, 0.15) is 19.4 Å². The number of likely N-dealkylation sites (N-methyl/N-ethyl adjacent to an activating group) is 1. The number of H-pyrrole nitrogens is 1. The van der Waals surface area contributed by atoms with Crippen molar-refractivity contribution in [3.63, 3.8) is 0 Å². The maximum Gasteiger partial charge on any atom is 0.245 e. The number of aromatic hydroxyl groups is 2. The summed E-state index contributed by atoms with van der Waals surface area (Å²) < 4.78 is 0. The van der Waals surface area contributed by atoms with E-state index in [-0.39, 0.29) is 11.5 Å². The fraction of sp³-hybridized carbons (Fsp3) is 0.500. The quantitative estimate of drug-likeness (QED) is 0.612. The van der Waals surface area contributed by atoms with Crippen LogP contribution in [0, 0.1) is 0 Å². The number of aromatic amines is 1. The Morgan fingerprint density at radius 1 is 1.08 bits per heavy atom. The van der Waals surface area contributed by atoms with Crippen LogP contribution in [-0.2, 0) is 6.42 Å². The number of nitrogens with two attached hydrogens (primary N) is 1. The van der Waals surface area contributed by atoms with E-state index in [0.29, 0.717) is 18.4 Å². The van der Waals surface area contributed by atoms with E-state index in [4.69, 9.17) is 0 Å². The number of nitrogens with zero attached hydrogens (tertiary/aromatic N) is 4. The molecule has 0 aliphatic carbocycles. The molecule has 0 aliphatic rings. The third kappa shape index (κ3) is 6.33. The first-order valence-corrected chi connectivity index (χ1v) is 7.87. The number of benzene rings is 1. The third-order valence-electron chi connectivity index (χ3n) is 3.00. The second-order valence-corrected chi connectivity index (χ2v) is 4.85. The summed E-state index contributed by atoms with van der Waals surface area (Å²) in [6, 6.07) is 4.84. The van der Waals surface area contributed by atoms with Gasteiger partial charge in [-0.2, -0.15) is 4.98 Å². The van der Waals surface area contributed by atoms with Gasteiger partial charge in [-0.05, 0) is 31.2 Å². The van der Waals surface area contributed by atoms with Gasteiger partial charge in [0.2, 0.25) is 11.9 Å². The van der Waals surface area contributed by atoms with Gasteiger partial charge in [0.05, 0.1) is 0 Å². The number of aromatic nitrogens is 3. The molecule has 2 rings (SSSR count). The monoisotopic (exact) mass is 338 g/mol. The average molecular weight is 338 g/mol. The van der Waals surface area contributed by atoms with Gasteiger partial charge in [0, 0.05) is 27.7 Å². The number of rotatable bonds is 5. The lowest BCUT2D eigenvalue weighted by Crippen LogP contribution is -2.21. The highest BCUT2D eigenvalue weighted by Crippen LogP contribution is 2.25. The van der Waals surface area contributed by atoms with Crippen LogP contribution in [0.4, 0.5) is 11.9 Å². The molecule has 0 bridgehead atoms. The van der Waals surface area contributed by atoms with Gasteiger partial charge >= 0.3 is 0 Å². The minimum atomic E-state index is -0.104. The maximum atomic E-state index is 9.45. The molecule has 0 amide bonds. The minimum absolute atomic E-state index is 0.0975. The van der Waals surface area contributed by atoms with Crippen molar-refractivity contribution >= 4 is 11.9 Å². The molecule has 136 valence electrons. The van der Waals surface area contributed by atoms with Gasteiger partial charge in [0.1, 0.15) is 0 Å². The molecule has 1 heterocycles. The molecule has 5 N–H and O–H groups in total. The van der Waals surface area contributed by atoms with Crippen molar-refractivity contribution < 1.29 is 10.2 Å². The van der Waals surface area contributed by atoms with Crippen molar-refractivity contribution in [2.75, 3.05) is 44.5 Å². The van der Waals surface area contributed by atoms with Gasteiger partial charge in [0.25, 0.3) is 0 Å². The predicted molar refractivity (Wildman–Crippen MR) is 98.9 cm³/mol. The Bertz CT molecular complexity index is 586. The van der Waals surface area contributed by atoms with Gasteiger partial charge in [-0.25, -0.2) is 5.10 Å². The van der Waals surface area contributed by atoms with Crippen molar-refractivity contribution in [3.8, 4) is 11.5 Å². The van der Waals surface area contributed by atoms with Crippen LogP contribution in [0.25, 0.3) is 0 Å². The summed E-state index contributed by atoms with van der Waals surface area (Å²) in [5, 5.41) is 25.7. The average Bonchev–Trinajstić information content (AvgIpc) is 3.10. The van der Waals surface area contributed by atoms with Crippen molar-refractivity contribution in [3.05, 3.63) is 23.8 Å². The molecule has 24 heavy (non-hydrogen) atoms. The van der Waals surface area contributed by atoms with Crippen LogP contribution >= 0.6 is 0 Å². The molecule has 0 saturated heterocycles. The normalized spacial score (nSPS) is 9.29. The molecule has 8 heteroatoms. The van der Waals surface area contributed by atoms with Crippen molar-refractivity contribution in [2.24, 2.45) is 5.73 Å². The summed E-state index contributed by atoms with van der Waals surface area (Å²) in [5.41, 5.74) is 5.44. The Balaban J connectivity index is 0.00000123. The van der Waals surface area contributed by atoms with E-state index in [2.05, 4.69) is 20.9 Å². The summed E-state index contributed by atoms with van der Waals surface area (Å²) in [4.78, 5) is 8.12. The highest BCUT2D eigenvalue weighted by Gasteiger charge is 2.09. The van der Waals surface area contributed by atoms with Crippen LogP contribution < -0.4 is 15.5 Å². The fourth-order valence-electron chi connectivity index (χ4n) is 1.74. The van der Waals surface area contributed by atoms with E-state index < -0.39 is 0 Å². The Hall–Kier alpha value is -2.48. The fourth-order valence-corrected chi connectivity index (χ4v) is 1.74. The third-order valence-corrected chi connectivity index (χ3v) is 3.00. The van der Waals surface area contributed by atoms with Crippen LogP contribution in [-0.4, -0.2) is 60.1 Å². The Morgan fingerprint density at radius 2 is 1.71 bits per heavy atom. The summed E-state index contributed by atoms with van der Waals surface area (Å²) in [5.74, 6) is 1.12. The van der Waals surface area contributed by atoms with E-state index in [1.165, 1.54) is 13.1 Å². The lowest BCUT2D eigenvalue weighted by atomic mass is 10.1. The molecule has 0 radical (unpaired) electrons. The van der Waals surface area contributed by atoms with Crippen LogP contribution in [0.5, 0.6) is 11.5 Å². The number of nitrogens with one attached hydrogen (secondary N) is 1. The number of phenolic OH excluding ortho intramolecular Hbond substituents is 2. The summed E-state index contributed by atoms with van der Waals surface area (Å²) in [6.07, 6.45) is 0.725. The molecule has 2 aromatic rings. The van der Waals surface area contributed by atoms with Gasteiger partial charge in [-0.3, -0.25) is 0 Å². The predicted octanol–water partition coefficient (Wildman–Crippen LogP) is 1.56. The second-order valence-electron chi connectivity index (χ2n) is 4.85. The first kappa shape index (κ1) is 21.5. The number of hydrogen-bond acceptors (Lipinski definition) is 7. The molecule has 1 aromatic heterocycles. The van der Waals surface area contributed by atoms with Crippen LogP contribution in [0.2, 0.25) is 0 Å². The molecule has 0 atom stereocenters. The SMILES string of the molecule is CC.CN.CN(C)c1n[nH]c(N(C)CCc2ccc(O)c(O)c2)n1. The molecular weight excluding hydrogens is 308 g/mol. The number of phenols is 2. The molecular formula is C16H30N6O2. The van der Waals surface area contributed by atoms with E-state index in [1.807, 2.05) is 44.8 Å². The molecule has 0 aliphatic heterocycles. The Labute approximate surface area is 143 Å². The summed E-state index contributed by atoms with van der Waals surface area (Å²) in [7, 11) is 7.18. The highest BCUT2D eigenvalue weighted by atomic mass is 16.3. The smallest absolute Gasteiger partial charge is 0.245 e. The second kappa shape index (κ2) is 11.1. The Kier molecular flexibility index (Phi) is 9.97. The van der Waals surface area contributed by atoms with Crippen molar-refractivity contribution in [2.45, 2.75) is 20.3 Å². The first-order chi connectivity index (χ1) is 11.5. The topological polar surface area (TPSA) is 115 Å². The zero-order valence-corrected chi connectivity index (χ0v) is 15.4. The van der Waals surface area contributed by atoms with Crippen LogP contribution in [0.15, 0.2) is 18.2 Å². The zero-order valence-electron chi connectivity index (χ0n) is 15.4. The lowest BCUT2D eigenvalue weighted by Gasteiger charge is -2.15. The minimum Gasteiger partial charge on any atom is -0.504 e. The molecule has 0 saturated carbocycles. The number of anilines is 2. The van der Waals surface area contributed by atoms with Crippen molar-refractivity contribution in [1.82, 2.24) is 15.2 Å². The molecule has 0 spiro atoms. The maximum absolute atomic E-state index is 9.45.